The molecule has 1 saturated carbocycles. The number of rotatable bonds is 5. The van der Waals surface area contributed by atoms with Gasteiger partial charge in [-0.05, 0) is 37.4 Å². The van der Waals surface area contributed by atoms with E-state index in [4.69, 9.17) is 9.47 Å². The van der Waals surface area contributed by atoms with Crippen LogP contribution in [-0.2, 0) is 4.79 Å². The monoisotopic (exact) mass is 262 g/mol. The molecule has 1 aromatic rings. The fourth-order valence-corrected chi connectivity index (χ4v) is 2.08. The number of ether oxygens (including phenoxy) is 2. The van der Waals surface area contributed by atoms with Crippen molar-refractivity contribution in [1.82, 2.24) is 5.32 Å². The average Bonchev–Trinajstić information content (AvgIpc) is 3.23. The first-order chi connectivity index (χ1) is 9.33. The Labute approximate surface area is 112 Å². The van der Waals surface area contributed by atoms with Crippen LogP contribution >= 0.6 is 0 Å². The van der Waals surface area contributed by atoms with Crippen molar-refractivity contribution in [2.45, 2.75) is 12.8 Å². The van der Waals surface area contributed by atoms with E-state index >= 15 is 0 Å². The molecule has 19 heavy (non-hydrogen) atoms. The van der Waals surface area contributed by atoms with Crippen molar-refractivity contribution >= 4 is 11.6 Å². The van der Waals surface area contributed by atoms with Crippen LogP contribution in [0.25, 0.3) is 0 Å². The lowest BCUT2D eigenvalue weighted by Gasteiger charge is -2.21. The summed E-state index contributed by atoms with van der Waals surface area (Å²) in [5.74, 6) is 2.04. The van der Waals surface area contributed by atoms with Crippen LogP contribution < -0.4 is 20.1 Å². The lowest BCUT2D eigenvalue weighted by atomic mass is 10.2. The zero-order chi connectivity index (χ0) is 13.1. The summed E-state index contributed by atoms with van der Waals surface area (Å²) in [4.78, 5) is 11.8. The van der Waals surface area contributed by atoms with Crippen molar-refractivity contribution in [1.29, 1.82) is 0 Å². The van der Waals surface area contributed by atoms with Crippen molar-refractivity contribution in [2.24, 2.45) is 5.92 Å². The highest BCUT2D eigenvalue weighted by Crippen LogP contribution is 2.37. The molecule has 1 aliphatic heterocycles. The predicted molar refractivity (Wildman–Crippen MR) is 71.7 cm³/mol. The van der Waals surface area contributed by atoms with Crippen molar-refractivity contribution < 1.29 is 14.3 Å². The van der Waals surface area contributed by atoms with Crippen LogP contribution in [0, 0.1) is 5.92 Å². The molecule has 0 aromatic heterocycles. The van der Waals surface area contributed by atoms with Crippen molar-refractivity contribution in [3.8, 4) is 11.5 Å². The Bertz CT molecular complexity index is 472. The first-order valence-corrected chi connectivity index (χ1v) is 6.72. The van der Waals surface area contributed by atoms with Crippen LogP contribution in [0.4, 0.5) is 5.69 Å². The second kappa shape index (κ2) is 5.48. The minimum Gasteiger partial charge on any atom is -0.486 e. The fourth-order valence-electron chi connectivity index (χ4n) is 2.08. The van der Waals surface area contributed by atoms with Crippen LogP contribution in [0.15, 0.2) is 18.2 Å². The summed E-state index contributed by atoms with van der Waals surface area (Å²) in [6, 6.07) is 5.52. The smallest absolute Gasteiger partial charge is 0.238 e. The zero-order valence-electron chi connectivity index (χ0n) is 10.8. The Morgan fingerprint density at radius 3 is 2.95 bits per heavy atom. The largest absolute Gasteiger partial charge is 0.486 e. The quantitative estimate of drug-likeness (QED) is 0.842. The van der Waals surface area contributed by atoms with Crippen LogP contribution in [0.1, 0.15) is 12.8 Å². The van der Waals surface area contributed by atoms with Crippen LogP contribution in [-0.4, -0.2) is 32.2 Å². The SMILES string of the molecule is O=C(CNCC1CC1)Nc1cccc2c1OCCO2. The summed E-state index contributed by atoms with van der Waals surface area (Å²) in [5, 5.41) is 6.02. The Morgan fingerprint density at radius 1 is 1.26 bits per heavy atom. The topological polar surface area (TPSA) is 59.6 Å². The summed E-state index contributed by atoms with van der Waals surface area (Å²) in [6.45, 7) is 2.33. The molecule has 2 N–H and O–H groups in total. The van der Waals surface area contributed by atoms with E-state index in [-0.39, 0.29) is 5.91 Å². The Hall–Kier alpha value is -1.75. The summed E-state index contributed by atoms with van der Waals surface area (Å²) in [6.07, 6.45) is 2.57. The number of amides is 1. The second-order valence-corrected chi connectivity index (χ2v) is 4.95. The van der Waals surface area contributed by atoms with Gasteiger partial charge in [0.2, 0.25) is 5.91 Å². The maximum Gasteiger partial charge on any atom is 0.238 e. The molecule has 1 aliphatic carbocycles. The maximum atomic E-state index is 11.8. The second-order valence-electron chi connectivity index (χ2n) is 4.95. The Morgan fingerprint density at radius 2 is 2.11 bits per heavy atom. The number of nitrogens with one attached hydrogen (secondary N) is 2. The van der Waals surface area contributed by atoms with E-state index in [9.17, 15) is 4.79 Å². The number of benzene rings is 1. The normalized spacial score (nSPS) is 17.1. The summed E-state index contributed by atoms with van der Waals surface area (Å²) >= 11 is 0. The van der Waals surface area contributed by atoms with Gasteiger partial charge in [-0.15, -0.1) is 0 Å². The van der Waals surface area contributed by atoms with E-state index in [1.807, 2.05) is 18.2 Å². The van der Waals surface area contributed by atoms with Gasteiger partial charge in [0, 0.05) is 0 Å². The standard InChI is InChI=1S/C14H18N2O3/c17-13(9-15-8-10-4-5-10)16-11-2-1-3-12-14(11)19-7-6-18-12/h1-3,10,15H,4-9H2,(H,16,17). The van der Waals surface area contributed by atoms with Gasteiger partial charge in [0.25, 0.3) is 0 Å². The molecule has 0 bridgehead atoms. The molecule has 0 unspecified atom stereocenters. The number of fused-ring (bicyclic) bond motifs is 1. The molecule has 0 radical (unpaired) electrons. The van der Waals surface area contributed by atoms with Gasteiger partial charge in [-0.1, -0.05) is 6.07 Å². The van der Waals surface area contributed by atoms with Gasteiger partial charge < -0.3 is 20.1 Å². The lowest BCUT2D eigenvalue weighted by Crippen LogP contribution is -2.29. The lowest BCUT2D eigenvalue weighted by molar-refractivity contribution is -0.115. The highest BCUT2D eigenvalue weighted by molar-refractivity contribution is 5.94. The van der Waals surface area contributed by atoms with Gasteiger partial charge >= 0.3 is 0 Å². The van der Waals surface area contributed by atoms with Crippen molar-refractivity contribution in [2.75, 3.05) is 31.6 Å². The van der Waals surface area contributed by atoms with E-state index < -0.39 is 0 Å². The maximum absolute atomic E-state index is 11.8. The number of para-hydroxylation sites is 1. The first kappa shape index (κ1) is 12.3. The minimum absolute atomic E-state index is 0.0526. The number of hydrogen-bond donors (Lipinski definition) is 2. The average molecular weight is 262 g/mol. The summed E-state index contributed by atoms with van der Waals surface area (Å²) in [5.41, 5.74) is 0.676. The van der Waals surface area contributed by atoms with Gasteiger partial charge in [0.1, 0.15) is 13.2 Å². The van der Waals surface area contributed by atoms with Crippen molar-refractivity contribution in [3.63, 3.8) is 0 Å². The fraction of sp³-hybridized carbons (Fsp3) is 0.500. The van der Waals surface area contributed by atoms with E-state index in [0.29, 0.717) is 36.9 Å². The highest BCUT2D eigenvalue weighted by Gasteiger charge is 2.21. The van der Waals surface area contributed by atoms with E-state index in [2.05, 4.69) is 10.6 Å². The Kier molecular flexibility index (Phi) is 3.55. The molecule has 3 rings (SSSR count). The van der Waals surface area contributed by atoms with Crippen molar-refractivity contribution in [3.05, 3.63) is 18.2 Å². The van der Waals surface area contributed by atoms with Crippen LogP contribution in [0.5, 0.6) is 11.5 Å². The molecule has 102 valence electrons. The number of carbonyl (C=O) groups excluding carboxylic acids is 1. The molecule has 5 heteroatoms. The molecule has 0 atom stereocenters. The number of anilines is 1. The van der Waals surface area contributed by atoms with E-state index in [0.717, 1.165) is 12.5 Å². The molecule has 1 aromatic carbocycles. The van der Waals surface area contributed by atoms with E-state index in [1.165, 1.54) is 12.8 Å². The molecular weight excluding hydrogens is 244 g/mol. The Balaban J connectivity index is 1.57. The van der Waals surface area contributed by atoms with Gasteiger partial charge in [-0.3, -0.25) is 4.79 Å². The van der Waals surface area contributed by atoms with Gasteiger partial charge in [0.15, 0.2) is 11.5 Å². The zero-order valence-corrected chi connectivity index (χ0v) is 10.8. The molecule has 2 aliphatic rings. The summed E-state index contributed by atoms with van der Waals surface area (Å²) < 4.78 is 11.0. The molecule has 1 fully saturated rings. The number of hydrogen-bond acceptors (Lipinski definition) is 4. The predicted octanol–water partition coefficient (Wildman–Crippen LogP) is 1.40. The third-order valence-electron chi connectivity index (χ3n) is 3.26. The van der Waals surface area contributed by atoms with E-state index in [1.54, 1.807) is 0 Å². The molecule has 1 amide bonds. The minimum atomic E-state index is -0.0526. The third kappa shape index (κ3) is 3.17. The highest BCUT2D eigenvalue weighted by atomic mass is 16.6. The van der Waals surface area contributed by atoms with Crippen LogP contribution in [0.2, 0.25) is 0 Å². The molecule has 1 heterocycles. The van der Waals surface area contributed by atoms with Crippen LogP contribution in [0.3, 0.4) is 0 Å². The number of carbonyl (C=O) groups is 1. The summed E-state index contributed by atoms with van der Waals surface area (Å²) in [7, 11) is 0. The molecule has 0 spiro atoms. The van der Waals surface area contributed by atoms with Gasteiger partial charge in [-0.25, -0.2) is 0 Å². The van der Waals surface area contributed by atoms with Gasteiger partial charge in [-0.2, -0.15) is 0 Å². The first-order valence-electron chi connectivity index (χ1n) is 6.72. The molecule has 5 nitrogen and oxygen atoms in total. The third-order valence-corrected chi connectivity index (χ3v) is 3.26. The molecular formula is C14H18N2O3. The molecule has 0 saturated heterocycles. The van der Waals surface area contributed by atoms with Gasteiger partial charge in [0.05, 0.1) is 12.2 Å².